The van der Waals surface area contributed by atoms with Crippen LogP contribution in [0.2, 0.25) is 5.02 Å². The lowest BCUT2D eigenvalue weighted by Crippen LogP contribution is -2.52. The van der Waals surface area contributed by atoms with E-state index in [-0.39, 0.29) is 23.4 Å². The average molecular weight is 633 g/mol. The number of benzene rings is 3. The van der Waals surface area contributed by atoms with Crippen LogP contribution in [-0.4, -0.2) is 43.8 Å². The Labute approximate surface area is 243 Å². The number of hydrogen-bond acceptors (Lipinski definition) is 4. The summed E-state index contributed by atoms with van der Waals surface area (Å²) in [5, 5.41) is 3.57. The van der Waals surface area contributed by atoms with Crippen molar-refractivity contribution in [2.45, 2.75) is 56.1 Å². The highest BCUT2D eigenvalue weighted by Crippen LogP contribution is 2.26. The van der Waals surface area contributed by atoms with Crippen LogP contribution in [0, 0.1) is 0 Å². The lowest BCUT2D eigenvalue weighted by molar-refractivity contribution is -0.139. The molecule has 39 heavy (non-hydrogen) atoms. The zero-order valence-electron chi connectivity index (χ0n) is 21.6. The van der Waals surface area contributed by atoms with E-state index in [1.165, 1.54) is 17.0 Å². The Kier molecular flexibility index (Phi) is 9.69. The molecule has 1 N–H and O–H groups in total. The fraction of sp³-hybridized carbons (Fsp3) is 0.310. The molecule has 0 heterocycles. The molecule has 0 spiro atoms. The first-order chi connectivity index (χ1) is 18.6. The molecule has 1 aliphatic carbocycles. The summed E-state index contributed by atoms with van der Waals surface area (Å²) in [6.07, 6.45) is 3.94. The normalized spacial score (nSPS) is 14.5. The van der Waals surface area contributed by atoms with Crippen LogP contribution in [0.15, 0.2) is 88.2 Å². The van der Waals surface area contributed by atoms with Crippen molar-refractivity contribution in [1.29, 1.82) is 0 Å². The van der Waals surface area contributed by atoms with Crippen molar-refractivity contribution in [3.8, 4) is 0 Å². The van der Waals surface area contributed by atoms with Gasteiger partial charge in [0.05, 0.1) is 10.6 Å². The smallest absolute Gasteiger partial charge is 0.264 e. The van der Waals surface area contributed by atoms with E-state index in [0.717, 1.165) is 40.0 Å². The van der Waals surface area contributed by atoms with Gasteiger partial charge >= 0.3 is 0 Å². The van der Waals surface area contributed by atoms with E-state index in [1.54, 1.807) is 67.6 Å². The molecule has 2 amide bonds. The molecule has 206 valence electrons. The molecule has 10 heteroatoms. The van der Waals surface area contributed by atoms with Crippen molar-refractivity contribution in [1.82, 2.24) is 10.2 Å². The van der Waals surface area contributed by atoms with Crippen LogP contribution in [-0.2, 0) is 26.2 Å². The highest BCUT2D eigenvalue weighted by molar-refractivity contribution is 9.10. The number of amides is 2. The second kappa shape index (κ2) is 13.0. The predicted octanol–water partition coefficient (Wildman–Crippen LogP) is 5.77. The summed E-state index contributed by atoms with van der Waals surface area (Å²) < 4.78 is 29.4. The second-order valence-electron chi connectivity index (χ2n) is 9.62. The maximum absolute atomic E-state index is 13.9. The summed E-state index contributed by atoms with van der Waals surface area (Å²) in [5.41, 5.74) is 1.07. The van der Waals surface area contributed by atoms with Crippen molar-refractivity contribution in [3.05, 3.63) is 93.9 Å². The fourth-order valence-electron chi connectivity index (χ4n) is 4.66. The largest absolute Gasteiger partial charge is 0.352 e. The third kappa shape index (κ3) is 7.41. The number of nitrogens with one attached hydrogen (secondary N) is 1. The molecule has 0 aromatic heterocycles. The van der Waals surface area contributed by atoms with E-state index in [0.29, 0.717) is 10.7 Å². The summed E-state index contributed by atoms with van der Waals surface area (Å²) in [6.45, 7) is 1.28. The molecule has 0 unspecified atom stereocenters. The van der Waals surface area contributed by atoms with Crippen LogP contribution in [0.3, 0.4) is 0 Å². The minimum atomic E-state index is -4.09. The maximum atomic E-state index is 13.9. The molecule has 1 atom stereocenters. The van der Waals surface area contributed by atoms with E-state index in [1.807, 2.05) is 6.07 Å². The standard InChI is InChI=1S/C29H31BrClN3O4S/c1-21(29(36)32-25-10-5-6-11-25)33(19-22-8-7-9-24(31)18-22)28(35)20-34(26-16-14-23(30)15-17-26)39(37,38)27-12-3-2-4-13-27/h2-4,7-9,12-18,21,25H,5-6,10-11,19-20H2,1H3,(H,32,36)/t21-/m1/s1. The Hall–Kier alpha value is -2.88. The number of carbonyl (C=O) groups excluding carboxylic acids is 2. The first-order valence-corrected chi connectivity index (χ1v) is 15.4. The maximum Gasteiger partial charge on any atom is 0.264 e. The van der Waals surface area contributed by atoms with Gasteiger partial charge in [0.1, 0.15) is 12.6 Å². The molecule has 3 aromatic rings. The average Bonchev–Trinajstić information content (AvgIpc) is 3.44. The van der Waals surface area contributed by atoms with Crippen molar-refractivity contribution in [3.63, 3.8) is 0 Å². The zero-order valence-corrected chi connectivity index (χ0v) is 24.8. The van der Waals surface area contributed by atoms with E-state index in [4.69, 9.17) is 11.6 Å². The molecule has 1 saturated carbocycles. The molecule has 0 bridgehead atoms. The Balaban J connectivity index is 1.67. The molecule has 7 nitrogen and oxygen atoms in total. The van der Waals surface area contributed by atoms with Crippen molar-refractivity contribution < 1.29 is 18.0 Å². The molecule has 1 fully saturated rings. The molecular weight excluding hydrogens is 602 g/mol. The molecule has 4 rings (SSSR count). The number of hydrogen-bond donors (Lipinski definition) is 1. The lowest BCUT2D eigenvalue weighted by Gasteiger charge is -2.32. The minimum Gasteiger partial charge on any atom is -0.352 e. The first-order valence-electron chi connectivity index (χ1n) is 12.8. The van der Waals surface area contributed by atoms with Gasteiger partial charge in [-0.2, -0.15) is 0 Å². The number of anilines is 1. The highest BCUT2D eigenvalue weighted by atomic mass is 79.9. The van der Waals surface area contributed by atoms with Gasteiger partial charge in [0.15, 0.2) is 0 Å². The minimum absolute atomic E-state index is 0.0640. The monoisotopic (exact) mass is 631 g/mol. The third-order valence-electron chi connectivity index (χ3n) is 6.84. The summed E-state index contributed by atoms with van der Waals surface area (Å²) in [6, 6.07) is 21.0. The molecule has 3 aromatic carbocycles. The van der Waals surface area contributed by atoms with Crippen LogP contribution in [0.5, 0.6) is 0 Å². The van der Waals surface area contributed by atoms with Gasteiger partial charge in [-0.05, 0) is 73.9 Å². The van der Waals surface area contributed by atoms with Crippen LogP contribution in [0.25, 0.3) is 0 Å². The Bertz CT molecular complexity index is 1400. The van der Waals surface area contributed by atoms with E-state index < -0.39 is 28.5 Å². The van der Waals surface area contributed by atoms with Gasteiger partial charge in [-0.3, -0.25) is 13.9 Å². The van der Waals surface area contributed by atoms with Crippen LogP contribution >= 0.6 is 27.5 Å². The number of nitrogens with zero attached hydrogens (tertiary/aromatic N) is 2. The van der Waals surface area contributed by atoms with E-state index in [9.17, 15) is 18.0 Å². The van der Waals surface area contributed by atoms with Gasteiger partial charge in [-0.15, -0.1) is 0 Å². The Morgan fingerprint density at radius 3 is 2.31 bits per heavy atom. The summed E-state index contributed by atoms with van der Waals surface area (Å²) >= 11 is 9.57. The quantitative estimate of drug-likeness (QED) is 0.307. The Morgan fingerprint density at radius 2 is 1.67 bits per heavy atom. The van der Waals surface area contributed by atoms with Gasteiger partial charge in [0, 0.05) is 22.1 Å². The van der Waals surface area contributed by atoms with Crippen molar-refractivity contribution in [2.24, 2.45) is 0 Å². The predicted molar refractivity (Wildman–Crippen MR) is 157 cm³/mol. The highest BCUT2D eigenvalue weighted by Gasteiger charge is 2.33. The van der Waals surface area contributed by atoms with Crippen molar-refractivity contribution >= 4 is 55.1 Å². The molecule has 0 aliphatic heterocycles. The Morgan fingerprint density at radius 1 is 1.00 bits per heavy atom. The fourth-order valence-corrected chi connectivity index (χ4v) is 6.57. The van der Waals surface area contributed by atoms with Crippen molar-refractivity contribution in [2.75, 3.05) is 10.8 Å². The number of carbonyl (C=O) groups is 2. The van der Waals surface area contributed by atoms with Crippen LogP contribution in [0.1, 0.15) is 38.2 Å². The summed E-state index contributed by atoms with van der Waals surface area (Å²) in [7, 11) is -4.09. The van der Waals surface area contributed by atoms with Gasteiger partial charge in [-0.25, -0.2) is 8.42 Å². The van der Waals surface area contributed by atoms with Gasteiger partial charge < -0.3 is 10.2 Å². The van der Waals surface area contributed by atoms with E-state index in [2.05, 4.69) is 21.2 Å². The molecular formula is C29H31BrClN3O4S. The lowest BCUT2D eigenvalue weighted by atomic mass is 10.1. The summed E-state index contributed by atoms with van der Waals surface area (Å²) in [4.78, 5) is 28.7. The van der Waals surface area contributed by atoms with E-state index >= 15 is 0 Å². The molecule has 1 aliphatic rings. The zero-order chi connectivity index (χ0) is 28.0. The number of sulfonamides is 1. The van der Waals surface area contributed by atoms with Crippen LogP contribution < -0.4 is 9.62 Å². The molecule has 0 radical (unpaired) electrons. The van der Waals surface area contributed by atoms with Gasteiger partial charge in [-0.1, -0.05) is 70.7 Å². The molecule has 0 saturated heterocycles. The topological polar surface area (TPSA) is 86.8 Å². The number of rotatable bonds is 10. The SMILES string of the molecule is C[C@H](C(=O)NC1CCCC1)N(Cc1cccc(Cl)c1)C(=O)CN(c1ccc(Br)cc1)S(=O)(=O)c1ccccc1. The van der Waals surface area contributed by atoms with Crippen LogP contribution in [0.4, 0.5) is 5.69 Å². The first kappa shape index (κ1) is 29.1. The third-order valence-corrected chi connectivity index (χ3v) is 9.39. The van der Waals surface area contributed by atoms with Gasteiger partial charge in [0.2, 0.25) is 11.8 Å². The summed E-state index contributed by atoms with van der Waals surface area (Å²) in [5.74, 6) is -0.773. The second-order valence-corrected chi connectivity index (χ2v) is 12.8. The number of halogens is 2. The van der Waals surface area contributed by atoms with Gasteiger partial charge in [0.25, 0.3) is 10.0 Å².